The lowest BCUT2D eigenvalue weighted by Gasteiger charge is -2.54. The van der Waals surface area contributed by atoms with Crippen LogP contribution in [0, 0.1) is 5.92 Å². The summed E-state index contributed by atoms with van der Waals surface area (Å²) in [6, 6.07) is 0. The number of piperazine rings is 1. The molecular weight excluding hydrogens is 248 g/mol. The van der Waals surface area contributed by atoms with Crippen LogP contribution >= 0.6 is 0 Å². The highest BCUT2D eigenvalue weighted by molar-refractivity contribution is 5.03. The summed E-state index contributed by atoms with van der Waals surface area (Å²) in [5.41, 5.74) is 0.736. The Morgan fingerprint density at radius 3 is 2.50 bits per heavy atom. The maximum atomic E-state index is 5.52. The number of hydrogen-bond donors (Lipinski definition) is 1. The average Bonchev–Trinajstić information content (AvgIpc) is 2.46. The Labute approximate surface area is 124 Å². The fourth-order valence-electron chi connectivity index (χ4n) is 4.27. The first kappa shape index (κ1) is 14.8. The largest absolute Gasteiger partial charge is 0.381 e. The number of hydrogen-bond acceptors (Lipinski definition) is 3. The number of ether oxygens (including phenoxy) is 1. The molecule has 3 aliphatic rings. The highest BCUT2D eigenvalue weighted by Crippen LogP contribution is 2.35. The summed E-state index contributed by atoms with van der Waals surface area (Å²) in [5, 5.41) is 3.93. The van der Waals surface area contributed by atoms with E-state index in [-0.39, 0.29) is 0 Å². The van der Waals surface area contributed by atoms with Crippen LogP contribution in [0.15, 0.2) is 0 Å². The lowest BCUT2D eigenvalue weighted by Crippen LogP contribution is -2.69. The third-order valence-electron chi connectivity index (χ3n) is 5.88. The molecule has 3 fully saturated rings. The minimum absolute atomic E-state index is 0.307. The molecule has 0 unspecified atom stereocenters. The van der Waals surface area contributed by atoms with Crippen LogP contribution in [0.3, 0.4) is 0 Å². The van der Waals surface area contributed by atoms with E-state index in [0.717, 1.165) is 25.7 Å². The molecule has 2 heterocycles. The van der Waals surface area contributed by atoms with Crippen LogP contribution < -0.4 is 5.32 Å². The van der Waals surface area contributed by atoms with E-state index in [4.69, 9.17) is 4.74 Å². The minimum Gasteiger partial charge on any atom is -0.381 e. The zero-order chi connectivity index (χ0) is 14.1. The molecule has 0 radical (unpaired) electrons. The molecule has 3 rings (SSSR count). The Kier molecular flexibility index (Phi) is 4.40. The van der Waals surface area contributed by atoms with Gasteiger partial charge in [0.15, 0.2) is 0 Å². The first-order valence-electron chi connectivity index (χ1n) is 8.68. The molecule has 2 aliphatic heterocycles. The van der Waals surface area contributed by atoms with E-state index in [2.05, 4.69) is 24.1 Å². The normalized spacial score (nSPS) is 31.5. The Balaban J connectivity index is 1.65. The summed E-state index contributed by atoms with van der Waals surface area (Å²) in [7, 11) is 0. The second-order valence-electron chi connectivity index (χ2n) is 7.94. The highest BCUT2D eigenvalue weighted by atomic mass is 16.5. The van der Waals surface area contributed by atoms with Crippen LogP contribution in [-0.2, 0) is 4.74 Å². The third-order valence-corrected chi connectivity index (χ3v) is 5.88. The average molecular weight is 280 g/mol. The molecule has 0 aromatic carbocycles. The third kappa shape index (κ3) is 3.20. The van der Waals surface area contributed by atoms with E-state index in [9.17, 15) is 0 Å². The van der Waals surface area contributed by atoms with Gasteiger partial charge in [-0.15, -0.1) is 0 Å². The van der Waals surface area contributed by atoms with Crippen molar-refractivity contribution in [3.63, 3.8) is 0 Å². The quantitative estimate of drug-likeness (QED) is 0.842. The van der Waals surface area contributed by atoms with Crippen LogP contribution in [0.25, 0.3) is 0 Å². The zero-order valence-corrected chi connectivity index (χ0v) is 13.4. The van der Waals surface area contributed by atoms with E-state index in [1.54, 1.807) is 0 Å². The molecule has 0 aromatic heterocycles. The molecule has 1 aliphatic carbocycles. The molecule has 0 atom stereocenters. The van der Waals surface area contributed by atoms with Crippen LogP contribution in [0.4, 0.5) is 0 Å². The molecule has 20 heavy (non-hydrogen) atoms. The minimum atomic E-state index is 0.307. The number of rotatable bonds is 2. The first-order chi connectivity index (χ1) is 9.60. The molecule has 1 N–H and O–H groups in total. The van der Waals surface area contributed by atoms with Gasteiger partial charge in [0.25, 0.3) is 0 Å². The van der Waals surface area contributed by atoms with Crippen molar-refractivity contribution in [1.82, 2.24) is 10.2 Å². The second kappa shape index (κ2) is 5.94. The van der Waals surface area contributed by atoms with Crippen molar-refractivity contribution in [3.05, 3.63) is 0 Å². The maximum Gasteiger partial charge on any atom is 0.0469 e. The van der Waals surface area contributed by atoms with Gasteiger partial charge in [-0.05, 0) is 45.4 Å². The van der Waals surface area contributed by atoms with E-state index in [1.165, 1.54) is 58.0 Å². The fourth-order valence-corrected chi connectivity index (χ4v) is 4.27. The Hall–Kier alpha value is -0.120. The smallest absolute Gasteiger partial charge is 0.0469 e. The summed E-state index contributed by atoms with van der Waals surface area (Å²) in [6.45, 7) is 10.5. The summed E-state index contributed by atoms with van der Waals surface area (Å²) in [5.74, 6) is 0.849. The number of nitrogens with one attached hydrogen (secondary N) is 1. The van der Waals surface area contributed by atoms with Crippen LogP contribution in [0.1, 0.15) is 58.8 Å². The fraction of sp³-hybridized carbons (Fsp3) is 1.00. The molecule has 1 spiro atoms. The summed E-state index contributed by atoms with van der Waals surface area (Å²) >= 11 is 0. The van der Waals surface area contributed by atoms with Crippen molar-refractivity contribution < 1.29 is 4.74 Å². The molecule has 0 amide bonds. The second-order valence-corrected chi connectivity index (χ2v) is 7.94. The summed E-state index contributed by atoms with van der Waals surface area (Å²) < 4.78 is 5.52. The van der Waals surface area contributed by atoms with E-state index in [1.807, 2.05) is 0 Å². The molecule has 2 saturated heterocycles. The van der Waals surface area contributed by atoms with E-state index < -0.39 is 0 Å². The van der Waals surface area contributed by atoms with E-state index in [0.29, 0.717) is 11.1 Å². The van der Waals surface area contributed by atoms with Gasteiger partial charge in [0.05, 0.1) is 0 Å². The Bertz CT molecular complexity index is 317. The van der Waals surface area contributed by atoms with Gasteiger partial charge in [-0.3, -0.25) is 4.90 Å². The zero-order valence-electron chi connectivity index (χ0n) is 13.4. The Morgan fingerprint density at radius 2 is 1.80 bits per heavy atom. The van der Waals surface area contributed by atoms with Crippen molar-refractivity contribution in [2.24, 2.45) is 5.92 Å². The van der Waals surface area contributed by atoms with Gasteiger partial charge in [0.2, 0.25) is 0 Å². The molecule has 3 heteroatoms. The summed E-state index contributed by atoms with van der Waals surface area (Å²) in [4.78, 5) is 2.80. The monoisotopic (exact) mass is 280 g/mol. The molecular formula is C17H32N2O. The molecule has 3 nitrogen and oxygen atoms in total. The van der Waals surface area contributed by atoms with Crippen LogP contribution in [0.2, 0.25) is 0 Å². The highest BCUT2D eigenvalue weighted by Gasteiger charge is 2.43. The van der Waals surface area contributed by atoms with Crippen molar-refractivity contribution in [3.8, 4) is 0 Å². The lowest BCUT2D eigenvalue weighted by molar-refractivity contribution is -0.0175. The standard InChI is InChI=1S/C17H32N2O/c1-16(2)13-18-17(8-4-3-5-9-17)14-19(16)12-15-6-10-20-11-7-15/h15,18H,3-14H2,1-2H3. The van der Waals surface area contributed by atoms with Gasteiger partial charge in [0.1, 0.15) is 0 Å². The predicted molar refractivity (Wildman–Crippen MR) is 83.0 cm³/mol. The maximum absolute atomic E-state index is 5.52. The Morgan fingerprint density at radius 1 is 1.10 bits per heavy atom. The lowest BCUT2D eigenvalue weighted by atomic mass is 9.77. The van der Waals surface area contributed by atoms with Gasteiger partial charge in [-0.25, -0.2) is 0 Å². The van der Waals surface area contributed by atoms with Gasteiger partial charge in [-0.1, -0.05) is 19.3 Å². The van der Waals surface area contributed by atoms with E-state index >= 15 is 0 Å². The van der Waals surface area contributed by atoms with Gasteiger partial charge in [0, 0.05) is 43.9 Å². The van der Waals surface area contributed by atoms with Crippen molar-refractivity contribution in [2.45, 2.75) is 69.9 Å². The van der Waals surface area contributed by atoms with Crippen LogP contribution in [-0.4, -0.2) is 48.8 Å². The number of nitrogens with zero attached hydrogens (tertiary/aromatic N) is 1. The SMILES string of the molecule is CC1(C)CNC2(CCCCC2)CN1CC1CCOCC1. The van der Waals surface area contributed by atoms with Gasteiger partial charge >= 0.3 is 0 Å². The molecule has 116 valence electrons. The summed E-state index contributed by atoms with van der Waals surface area (Å²) in [6.07, 6.45) is 9.55. The molecule has 0 bridgehead atoms. The first-order valence-corrected chi connectivity index (χ1v) is 8.68. The molecule has 0 aromatic rings. The van der Waals surface area contributed by atoms with Crippen molar-refractivity contribution in [2.75, 3.05) is 32.8 Å². The van der Waals surface area contributed by atoms with Crippen molar-refractivity contribution >= 4 is 0 Å². The predicted octanol–water partition coefficient (Wildman–Crippen LogP) is 2.80. The van der Waals surface area contributed by atoms with Crippen LogP contribution in [0.5, 0.6) is 0 Å². The van der Waals surface area contributed by atoms with Gasteiger partial charge < -0.3 is 10.1 Å². The van der Waals surface area contributed by atoms with Crippen molar-refractivity contribution in [1.29, 1.82) is 0 Å². The molecule has 1 saturated carbocycles. The van der Waals surface area contributed by atoms with Gasteiger partial charge in [-0.2, -0.15) is 0 Å². The topological polar surface area (TPSA) is 24.5 Å².